The number of amides is 1. The number of aromatic nitrogens is 2. The standard InChI is InChI=1S/C19H24ClN3O5/c1-11(2)9-23-18(20)17(12(3)22-23)19(25)28-10-16(24)21-13-6-7-14(26-4)15(8-13)27-5/h6-8,11H,9-10H2,1-5H3,(H,21,24). The Morgan fingerprint density at radius 3 is 2.50 bits per heavy atom. The molecule has 28 heavy (non-hydrogen) atoms. The molecule has 0 aliphatic rings. The third kappa shape index (κ3) is 5.16. The molecule has 0 aliphatic carbocycles. The summed E-state index contributed by atoms with van der Waals surface area (Å²) in [6.45, 7) is 5.82. The lowest BCUT2D eigenvalue weighted by molar-refractivity contribution is -0.119. The third-order valence-electron chi connectivity index (χ3n) is 3.81. The maximum atomic E-state index is 12.3. The SMILES string of the molecule is COc1ccc(NC(=O)COC(=O)c2c(C)nn(CC(C)C)c2Cl)cc1OC. The quantitative estimate of drug-likeness (QED) is 0.672. The van der Waals surface area contributed by atoms with Gasteiger partial charge < -0.3 is 19.5 Å². The highest BCUT2D eigenvalue weighted by atomic mass is 35.5. The molecule has 2 aromatic rings. The highest BCUT2D eigenvalue weighted by molar-refractivity contribution is 6.32. The Hall–Kier alpha value is -2.74. The van der Waals surface area contributed by atoms with E-state index in [-0.39, 0.29) is 10.7 Å². The Kier molecular flexibility index (Phi) is 7.28. The number of nitrogens with zero attached hydrogens (tertiary/aromatic N) is 2. The van der Waals surface area contributed by atoms with Crippen LogP contribution in [0.15, 0.2) is 18.2 Å². The fourth-order valence-electron chi connectivity index (χ4n) is 2.57. The molecule has 1 aromatic carbocycles. The van der Waals surface area contributed by atoms with Crippen LogP contribution in [0.1, 0.15) is 29.9 Å². The van der Waals surface area contributed by atoms with Crippen molar-refractivity contribution in [2.24, 2.45) is 5.92 Å². The van der Waals surface area contributed by atoms with Crippen LogP contribution in [0.2, 0.25) is 5.15 Å². The van der Waals surface area contributed by atoms with Crippen LogP contribution in [0.5, 0.6) is 11.5 Å². The Labute approximate surface area is 168 Å². The largest absolute Gasteiger partial charge is 0.493 e. The van der Waals surface area contributed by atoms with Gasteiger partial charge in [0.15, 0.2) is 18.1 Å². The molecule has 0 atom stereocenters. The predicted molar refractivity (Wildman–Crippen MR) is 105 cm³/mol. The van der Waals surface area contributed by atoms with Crippen molar-refractivity contribution in [1.82, 2.24) is 9.78 Å². The van der Waals surface area contributed by atoms with Gasteiger partial charge in [0, 0.05) is 18.3 Å². The van der Waals surface area contributed by atoms with E-state index in [0.717, 1.165) is 0 Å². The maximum absolute atomic E-state index is 12.3. The maximum Gasteiger partial charge on any atom is 0.343 e. The zero-order valence-corrected chi connectivity index (χ0v) is 17.3. The van der Waals surface area contributed by atoms with E-state index in [1.54, 1.807) is 29.8 Å². The van der Waals surface area contributed by atoms with Crippen molar-refractivity contribution in [3.63, 3.8) is 0 Å². The summed E-state index contributed by atoms with van der Waals surface area (Å²) in [4.78, 5) is 24.5. The van der Waals surface area contributed by atoms with Crippen molar-refractivity contribution in [3.8, 4) is 11.5 Å². The monoisotopic (exact) mass is 409 g/mol. The van der Waals surface area contributed by atoms with E-state index in [1.807, 2.05) is 13.8 Å². The molecule has 0 spiro atoms. The normalized spacial score (nSPS) is 10.7. The van der Waals surface area contributed by atoms with Crippen LogP contribution in [0.4, 0.5) is 5.69 Å². The molecule has 0 bridgehead atoms. The number of carbonyl (C=O) groups excluding carboxylic acids is 2. The van der Waals surface area contributed by atoms with Gasteiger partial charge >= 0.3 is 5.97 Å². The summed E-state index contributed by atoms with van der Waals surface area (Å²) < 4.78 is 17.0. The molecule has 0 aliphatic heterocycles. The fraction of sp³-hybridized carbons (Fsp3) is 0.421. The third-order valence-corrected chi connectivity index (χ3v) is 4.19. The molecule has 1 heterocycles. The number of methoxy groups -OCH3 is 2. The van der Waals surface area contributed by atoms with Crippen LogP contribution in [0.25, 0.3) is 0 Å². The molecule has 9 heteroatoms. The topological polar surface area (TPSA) is 91.7 Å². The van der Waals surface area contributed by atoms with Crippen LogP contribution < -0.4 is 14.8 Å². The van der Waals surface area contributed by atoms with Gasteiger partial charge in [-0.2, -0.15) is 5.10 Å². The van der Waals surface area contributed by atoms with Crippen molar-refractivity contribution in [2.45, 2.75) is 27.3 Å². The summed E-state index contributed by atoms with van der Waals surface area (Å²) in [5.41, 5.74) is 1.11. The van der Waals surface area contributed by atoms with Crippen molar-refractivity contribution in [3.05, 3.63) is 34.6 Å². The smallest absolute Gasteiger partial charge is 0.343 e. The van der Waals surface area contributed by atoms with E-state index >= 15 is 0 Å². The fourth-order valence-corrected chi connectivity index (χ4v) is 2.89. The number of rotatable bonds is 8. The Morgan fingerprint density at radius 2 is 1.89 bits per heavy atom. The Bertz CT molecular complexity index is 863. The molecule has 0 saturated heterocycles. The molecular weight excluding hydrogens is 386 g/mol. The highest BCUT2D eigenvalue weighted by Gasteiger charge is 2.22. The predicted octanol–water partition coefficient (Wildman–Crippen LogP) is 3.31. The number of halogens is 1. The second-order valence-corrected chi connectivity index (χ2v) is 6.88. The van der Waals surface area contributed by atoms with E-state index in [1.165, 1.54) is 14.2 Å². The first-order chi connectivity index (χ1) is 13.3. The van der Waals surface area contributed by atoms with Crippen molar-refractivity contribution < 1.29 is 23.8 Å². The van der Waals surface area contributed by atoms with Gasteiger partial charge in [-0.25, -0.2) is 4.79 Å². The van der Waals surface area contributed by atoms with Gasteiger partial charge in [-0.1, -0.05) is 25.4 Å². The summed E-state index contributed by atoms with van der Waals surface area (Å²) in [5, 5.41) is 7.09. The minimum Gasteiger partial charge on any atom is -0.493 e. The summed E-state index contributed by atoms with van der Waals surface area (Å²) in [7, 11) is 3.02. The first-order valence-corrected chi connectivity index (χ1v) is 9.06. The lowest BCUT2D eigenvalue weighted by Gasteiger charge is -2.11. The molecule has 0 saturated carbocycles. The van der Waals surface area contributed by atoms with Crippen molar-refractivity contribution in [1.29, 1.82) is 0 Å². The lowest BCUT2D eigenvalue weighted by Crippen LogP contribution is -2.21. The van der Waals surface area contributed by atoms with Gasteiger partial charge in [0.05, 0.1) is 19.9 Å². The van der Waals surface area contributed by atoms with Gasteiger partial charge in [0.25, 0.3) is 5.91 Å². The summed E-state index contributed by atoms with van der Waals surface area (Å²) in [5.74, 6) is 0.129. The zero-order valence-electron chi connectivity index (χ0n) is 16.5. The number of nitrogens with one attached hydrogen (secondary N) is 1. The van der Waals surface area contributed by atoms with Gasteiger partial charge in [-0.05, 0) is 25.0 Å². The van der Waals surface area contributed by atoms with Crippen LogP contribution in [-0.2, 0) is 16.1 Å². The Morgan fingerprint density at radius 1 is 1.21 bits per heavy atom. The van der Waals surface area contributed by atoms with Crippen molar-refractivity contribution in [2.75, 3.05) is 26.1 Å². The first kappa shape index (κ1) is 21.6. The van der Waals surface area contributed by atoms with Crippen LogP contribution in [0.3, 0.4) is 0 Å². The molecule has 1 N–H and O–H groups in total. The minimum atomic E-state index is -0.694. The van der Waals surface area contributed by atoms with E-state index in [2.05, 4.69) is 10.4 Å². The number of esters is 1. The van der Waals surface area contributed by atoms with E-state index in [9.17, 15) is 9.59 Å². The van der Waals surface area contributed by atoms with Gasteiger partial charge in [0.2, 0.25) is 0 Å². The first-order valence-electron chi connectivity index (χ1n) is 8.68. The number of aryl methyl sites for hydroxylation is 1. The summed E-state index contributed by atoms with van der Waals surface area (Å²) in [6, 6.07) is 4.92. The minimum absolute atomic E-state index is 0.168. The average Bonchev–Trinajstić information content (AvgIpc) is 2.92. The second-order valence-electron chi connectivity index (χ2n) is 6.52. The molecule has 1 aromatic heterocycles. The Balaban J connectivity index is 1.99. The molecule has 0 radical (unpaired) electrons. The molecule has 8 nitrogen and oxygen atoms in total. The van der Waals surface area contributed by atoms with Gasteiger partial charge in [-0.15, -0.1) is 0 Å². The average molecular weight is 410 g/mol. The molecule has 1 amide bonds. The van der Waals surface area contributed by atoms with Gasteiger partial charge in [0.1, 0.15) is 10.7 Å². The summed E-state index contributed by atoms with van der Waals surface area (Å²) in [6.07, 6.45) is 0. The number of benzene rings is 1. The van der Waals surface area contributed by atoms with Crippen LogP contribution in [-0.4, -0.2) is 42.5 Å². The number of ether oxygens (including phenoxy) is 3. The van der Waals surface area contributed by atoms with Crippen molar-refractivity contribution >= 4 is 29.2 Å². The molecular formula is C19H24ClN3O5. The number of hydrogen-bond donors (Lipinski definition) is 1. The molecule has 0 fully saturated rings. The second kappa shape index (κ2) is 9.45. The van der Waals surface area contributed by atoms with Crippen LogP contribution >= 0.6 is 11.6 Å². The number of carbonyl (C=O) groups is 2. The van der Waals surface area contributed by atoms with Gasteiger partial charge in [-0.3, -0.25) is 9.48 Å². The molecule has 152 valence electrons. The van der Waals surface area contributed by atoms with E-state index in [4.69, 9.17) is 25.8 Å². The highest BCUT2D eigenvalue weighted by Crippen LogP contribution is 2.29. The molecule has 2 rings (SSSR count). The van der Waals surface area contributed by atoms with Crippen LogP contribution in [0, 0.1) is 12.8 Å². The zero-order chi connectivity index (χ0) is 20.8. The summed E-state index contributed by atoms with van der Waals surface area (Å²) >= 11 is 6.25. The molecule has 0 unspecified atom stereocenters. The number of anilines is 1. The van der Waals surface area contributed by atoms with E-state index in [0.29, 0.717) is 35.3 Å². The number of hydrogen-bond acceptors (Lipinski definition) is 6. The van der Waals surface area contributed by atoms with E-state index < -0.39 is 18.5 Å². The lowest BCUT2D eigenvalue weighted by atomic mass is 10.2.